The number of aryl methyl sites for hydroxylation is 1. The Hall–Kier alpha value is -0.970. The second-order valence-electron chi connectivity index (χ2n) is 3.32. The van der Waals surface area contributed by atoms with Gasteiger partial charge in [-0.3, -0.25) is 0 Å². The van der Waals surface area contributed by atoms with E-state index in [0.717, 1.165) is 10.7 Å². The van der Waals surface area contributed by atoms with E-state index >= 15 is 0 Å². The van der Waals surface area contributed by atoms with Crippen LogP contribution >= 0.6 is 11.3 Å². The van der Waals surface area contributed by atoms with E-state index in [1.165, 1.54) is 18.3 Å². The van der Waals surface area contributed by atoms with Crippen molar-refractivity contribution in [3.05, 3.63) is 16.1 Å². The highest BCUT2D eigenvalue weighted by Gasteiger charge is 2.18. The van der Waals surface area contributed by atoms with Crippen LogP contribution in [0.3, 0.4) is 0 Å². The van der Waals surface area contributed by atoms with Crippen LogP contribution in [0, 0.1) is 18.3 Å². The monoisotopic (exact) mass is 259 g/mol. The van der Waals surface area contributed by atoms with Crippen molar-refractivity contribution in [1.29, 1.82) is 5.26 Å². The Balaban J connectivity index is 2.45. The molecule has 1 N–H and O–H groups in total. The van der Waals surface area contributed by atoms with E-state index in [2.05, 4.69) is 9.71 Å². The molecular formula is C9H13N3O2S2. The standard InChI is InChI=1S/C9H13N3O2S2/c1-7(5-10)16(13,14)11-4-3-9-6-15-8(2)12-9/h6-7,11H,3-4H2,1-2H3. The van der Waals surface area contributed by atoms with Gasteiger partial charge in [0.05, 0.1) is 16.8 Å². The number of nitrogens with one attached hydrogen (secondary N) is 1. The maximum Gasteiger partial charge on any atom is 0.227 e. The van der Waals surface area contributed by atoms with Gasteiger partial charge in [0.1, 0.15) is 0 Å². The van der Waals surface area contributed by atoms with Crippen molar-refractivity contribution in [3.63, 3.8) is 0 Å². The minimum atomic E-state index is -3.51. The molecule has 88 valence electrons. The van der Waals surface area contributed by atoms with Gasteiger partial charge in [-0.05, 0) is 13.8 Å². The average molecular weight is 259 g/mol. The minimum Gasteiger partial charge on any atom is -0.247 e. The number of nitrogens with zero attached hydrogens (tertiary/aromatic N) is 2. The molecule has 0 saturated carbocycles. The lowest BCUT2D eigenvalue weighted by molar-refractivity contribution is 0.577. The van der Waals surface area contributed by atoms with Crippen molar-refractivity contribution in [3.8, 4) is 6.07 Å². The maximum atomic E-state index is 11.4. The SMILES string of the molecule is Cc1nc(CCNS(=O)(=O)C(C)C#N)cs1. The zero-order valence-electron chi connectivity index (χ0n) is 9.10. The molecule has 7 heteroatoms. The molecule has 1 atom stereocenters. The van der Waals surface area contributed by atoms with Crippen LogP contribution in [0.1, 0.15) is 17.6 Å². The highest BCUT2D eigenvalue weighted by atomic mass is 32.2. The fourth-order valence-electron chi connectivity index (χ4n) is 1.04. The second kappa shape index (κ2) is 5.39. The van der Waals surface area contributed by atoms with Crippen LogP contribution < -0.4 is 4.72 Å². The van der Waals surface area contributed by atoms with Crippen LogP contribution in [0.25, 0.3) is 0 Å². The van der Waals surface area contributed by atoms with Gasteiger partial charge in [0.15, 0.2) is 5.25 Å². The Bertz CT molecular complexity index is 487. The van der Waals surface area contributed by atoms with E-state index in [9.17, 15) is 8.42 Å². The van der Waals surface area contributed by atoms with Crippen LogP contribution in [0.5, 0.6) is 0 Å². The van der Waals surface area contributed by atoms with Crippen molar-refractivity contribution < 1.29 is 8.42 Å². The van der Waals surface area contributed by atoms with E-state index in [1.807, 2.05) is 12.3 Å². The lowest BCUT2D eigenvalue weighted by Crippen LogP contribution is -2.33. The summed E-state index contributed by atoms with van der Waals surface area (Å²) in [6.07, 6.45) is 0.543. The molecule has 0 amide bonds. The van der Waals surface area contributed by atoms with Crippen LogP contribution in [0.15, 0.2) is 5.38 Å². The first kappa shape index (κ1) is 13.1. The number of hydrogen-bond donors (Lipinski definition) is 1. The first-order valence-corrected chi connectivity index (χ1v) is 7.17. The second-order valence-corrected chi connectivity index (χ2v) is 6.47. The Morgan fingerprint density at radius 1 is 1.69 bits per heavy atom. The van der Waals surface area contributed by atoms with Gasteiger partial charge in [0, 0.05) is 18.3 Å². The molecule has 16 heavy (non-hydrogen) atoms. The lowest BCUT2D eigenvalue weighted by Gasteiger charge is -2.06. The summed E-state index contributed by atoms with van der Waals surface area (Å²) in [7, 11) is -3.51. The number of thiazole rings is 1. The van der Waals surface area contributed by atoms with Crippen LogP contribution in [0.4, 0.5) is 0 Å². The summed E-state index contributed by atoms with van der Waals surface area (Å²) in [5.74, 6) is 0. The topological polar surface area (TPSA) is 82.8 Å². The molecule has 0 fully saturated rings. The molecule has 0 radical (unpaired) electrons. The number of rotatable bonds is 5. The molecule has 0 aliphatic carbocycles. The van der Waals surface area contributed by atoms with Crippen LogP contribution in [0.2, 0.25) is 0 Å². The summed E-state index contributed by atoms with van der Waals surface area (Å²) in [6.45, 7) is 3.53. The maximum absolute atomic E-state index is 11.4. The predicted octanol–water partition coefficient (Wildman–Crippen LogP) is 0.826. The lowest BCUT2D eigenvalue weighted by atomic mass is 10.3. The fourth-order valence-corrected chi connectivity index (χ4v) is 2.46. The van der Waals surface area contributed by atoms with Crippen LogP contribution in [-0.2, 0) is 16.4 Å². The van der Waals surface area contributed by atoms with Gasteiger partial charge < -0.3 is 0 Å². The summed E-state index contributed by atoms with van der Waals surface area (Å²) in [5.41, 5.74) is 0.870. The van der Waals surface area contributed by atoms with Crippen molar-refractivity contribution in [2.45, 2.75) is 25.5 Å². The van der Waals surface area contributed by atoms with Gasteiger partial charge in [0.2, 0.25) is 10.0 Å². The summed E-state index contributed by atoms with van der Waals surface area (Å²) >= 11 is 1.53. The molecule has 1 unspecified atom stereocenters. The zero-order valence-corrected chi connectivity index (χ0v) is 10.7. The van der Waals surface area contributed by atoms with Gasteiger partial charge in [-0.1, -0.05) is 0 Å². The summed E-state index contributed by atoms with van der Waals surface area (Å²) in [4.78, 5) is 4.21. The third-order valence-corrected chi connectivity index (χ3v) is 4.46. The minimum absolute atomic E-state index is 0.275. The van der Waals surface area contributed by atoms with Gasteiger partial charge in [-0.2, -0.15) is 5.26 Å². The van der Waals surface area contributed by atoms with E-state index < -0.39 is 15.3 Å². The average Bonchev–Trinajstić information content (AvgIpc) is 2.62. The number of aromatic nitrogens is 1. The van der Waals surface area contributed by atoms with Crippen molar-refractivity contribution >= 4 is 21.4 Å². The van der Waals surface area contributed by atoms with Gasteiger partial charge >= 0.3 is 0 Å². The van der Waals surface area contributed by atoms with Crippen LogP contribution in [-0.4, -0.2) is 25.2 Å². The smallest absolute Gasteiger partial charge is 0.227 e. The van der Waals surface area contributed by atoms with Crippen molar-refractivity contribution in [1.82, 2.24) is 9.71 Å². The number of nitriles is 1. The first-order valence-electron chi connectivity index (χ1n) is 4.75. The molecule has 1 aromatic rings. The van der Waals surface area contributed by atoms with E-state index in [0.29, 0.717) is 6.42 Å². The summed E-state index contributed by atoms with van der Waals surface area (Å²) < 4.78 is 25.2. The Kier molecular flexibility index (Phi) is 4.41. The molecule has 1 aromatic heterocycles. The third-order valence-electron chi connectivity index (χ3n) is 2.00. The highest BCUT2D eigenvalue weighted by molar-refractivity contribution is 7.90. The highest BCUT2D eigenvalue weighted by Crippen LogP contribution is 2.08. The molecule has 1 heterocycles. The predicted molar refractivity (Wildman–Crippen MR) is 62.6 cm³/mol. The molecule has 1 rings (SSSR count). The molecule has 0 spiro atoms. The Morgan fingerprint density at radius 3 is 2.88 bits per heavy atom. The Labute approximate surface area is 99.2 Å². The molecule has 5 nitrogen and oxygen atoms in total. The van der Waals surface area contributed by atoms with Gasteiger partial charge in [0.25, 0.3) is 0 Å². The third kappa shape index (κ3) is 3.56. The van der Waals surface area contributed by atoms with E-state index in [-0.39, 0.29) is 6.54 Å². The van der Waals surface area contributed by atoms with Crippen molar-refractivity contribution in [2.75, 3.05) is 6.54 Å². The molecule has 0 bridgehead atoms. The molecule has 0 saturated heterocycles. The first-order chi connectivity index (χ1) is 7.45. The van der Waals surface area contributed by atoms with Gasteiger partial charge in [-0.15, -0.1) is 11.3 Å². The summed E-state index contributed by atoms with van der Waals surface area (Å²) in [5, 5.41) is 10.3. The molecule has 0 aliphatic heterocycles. The van der Waals surface area contributed by atoms with E-state index in [4.69, 9.17) is 5.26 Å². The Morgan fingerprint density at radius 2 is 2.38 bits per heavy atom. The quantitative estimate of drug-likeness (QED) is 0.848. The molecular weight excluding hydrogens is 246 g/mol. The van der Waals surface area contributed by atoms with Gasteiger partial charge in [-0.25, -0.2) is 18.1 Å². The normalized spacial score (nSPS) is 13.3. The van der Waals surface area contributed by atoms with E-state index in [1.54, 1.807) is 6.07 Å². The summed E-state index contributed by atoms with van der Waals surface area (Å²) in [6, 6.07) is 1.69. The fraction of sp³-hybridized carbons (Fsp3) is 0.556. The molecule has 0 aliphatic rings. The zero-order chi connectivity index (χ0) is 12.2. The van der Waals surface area contributed by atoms with Crippen molar-refractivity contribution in [2.24, 2.45) is 0 Å². The number of hydrogen-bond acceptors (Lipinski definition) is 5. The number of sulfonamides is 1. The largest absolute Gasteiger partial charge is 0.247 e. The molecule has 0 aromatic carbocycles.